The van der Waals surface area contributed by atoms with Gasteiger partial charge in [0.15, 0.2) is 6.29 Å². The molecule has 1 saturated heterocycles. The molecule has 0 radical (unpaired) electrons. The summed E-state index contributed by atoms with van der Waals surface area (Å²) in [7, 11) is 0. The van der Waals surface area contributed by atoms with E-state index >= 15 is 0 Å². The van der Waals surface area contributed by atoms with Crippen LogP contribution >= 0.6 is 0 Å². The summed E-state index contributed by atoms with van der Waals surface area (Å²) in [6.07, 6.45) is -6.17. The normalized spacial score (nSPS) is 31.7. The number of hydrogen-bond donors (Lipinski definition) is 3. The van der Waals surface area contributed by atoms with Crippen molar-refractivity contribution in [3.63, 3.8) is 0 Å². The van der Waals surface area contributed by atoms with Gasteiger partial charge in [-0.1, -0.05) is 30.3 Å². The molecule has 3 N–H and O–H groups in total. The summed E-state index contributed by atoms with van der Waals surface area (Å²) in [6, 6.07) is 9.22. The van der Waals surface area contributed by atoms with E-state index in [9.17, 15) is 20.1 Å². The van der Waals surface area contributed by atoms with Gasteiger partial charge in [-0.25, -0.2) is 0 Å². The van der Waals surface area contributed by atoms with Gasteiger partial charge in [0, 0.05) is 6.92 Å². The quantitative estimate of drug-likeness (QED) is 0.634. The maximum Gasteiger partial charge on any atom is 0.302 e. The van der Waals surface area contributed by atoms with E-state index in [2.05, 4.69) is 0 Å². The molecular formula is C15H20O7. The summed E-state index contributed by atoms with van der Waals surface area (Å²) >= 11 is 0. The van der Waals surface area contributed by atoms with Crippen LogP contribution in [0.25, 0.3) is 0 Å². The van der Waals surface area contributed by atoms with E-state index < -0.39 is 36.7 Å². The number of carbonyl (C=O) groups excluding carboxylic acids is 1. The van der Waals surface area contributed by atoms with Crippen LogP contribution in [-0.2, 0) is 25.6 Å². The first kappa shape index (κ1) is 16.9. The van der Waals surface area contributed by atoms with Crippen molar-refractivity contribution >= 4 is 5.97 Å². The summed E-state index contributed by atoms with van der Waals surface area (Å²) in [5, 5.41) is 29.8. The summed E-state index contributed by atoms with van der Waals surface area (Å²) in [5.74, 6) is -0.529. The van der Waals surface area contributed by atoms with E-state index in [0.717, 1.165) is 5.56 Å². The van der Waals surface area contributed by atoms with E-state index in [1.165, 1.54) is 6.92 Å². The van der Waals surface area contributed by atoms with Gasteiger partial charge in [-0.2, -0.15) is 0 Å². The zero-order valence-corrected chi connectivity index (χ0v) is 12.2. The Balaban J connectivity index is 1.98. The molecule has 5 atom stereocenters. The van der Waals surface area contributed by atoms with Crippen molar-refractivity contribution in [2.75, 3.05) is 6.61 Å². The molecule has 2 rings (SSSR count). The minimum Gasteiger partial charge on any atom is -0.463 e. The molecule has 0 unspecified atom stereocenters. The smallest absolute Gasteiger partial charge is 0.302 e. The lowest BCUT2D eigenvalue weighted by Crippen LogP contribution is -2.59. The zero-order valence-electron chi connectivity index (χ0n) is 12.2. The van der Waals surface area contributed by atoms with Crippen molar-refractivity contribution in [1.29, 1.82) is 0 Å². The highest BCUT2D eigenvalue weighted by Gasteiger charge is 2.45. The molecule has 7 nitrogen and oxygen atoms in total. The lowest BCUT2D eigenvalue weighted by atomic mass is 9.99. The SMILES string of the molecule is CC(=O)OC[C@H]1O[C@@H](O)[C@H](O)[C@@H](OCc2ccccc2)[C@@H]1O. The van der Waals surface area contributed by atoms with E-state index in [1.54, 1.807) is 0 Å². The van der Waals surface area contributed by atoms with Gasteiger partial charge in [0.1, 0.15) is 31.0 Å². The number of aliphatic hydroxyl groups is 3. The predicted octanol–water partition coefficient (Wildman–Crippen LogP) is -0.426. The van der Waals surface area contributed by atoms with Gasteiger partial charge in [0.05, 0.1) is 6.61 Å². The van der Waals surface area contributed by atoms with Crippen LogP contribution < -0.4 is 0 Å². The maximum absolute atomic E-state index is 10.8. The highest BCUT2D eigenvalue weighted by molar-refractivity contribution is 5.65. The number of rotatable bonds is 5. The summed E-state index contributed by atoms with van der Waals surface area (Å²) in [5.41, 5.74) is 0.861. The van der Waals surface area contributed by atoms with Crippen molar-refractivity contribution in [3.05, 3.63) is 35.9 Å². The maximum atomic E-state index is 10.8. The van der Waals surface area contributed by atoms with E-state index in [4.69, 9.17) is 14.2 Å². The second-order valence-electron chi connectivity index (χ2n) is 5.11. The Labute approximate surface area is 128 Å². The van der Waals surface area contributed by atoms with Gasteiger partial charge in [0.2, 0.25) is 0 Å². The van der Waals surface area contributed by atoms with Crippen molar-refractivity contribution in [1.82, 2.24) is 0 Å². The third-order valence-electron chi connectivity index (χ3n) is 3.40. The third kappa shape index (κ3) is 4.25. The van der Waals surface area contributed by atoms with Crippen molar-refractivity contribution in [2.24, 2.45) is 0 Å². The molecule has 0 spiro atoms. The van der Waals surface area contributed by atoms with Crippen LogP contribution in [0.4, 0.5) is 0 Å². The molecule has 0 aromatic heterocycles. The molecule has 7 heteroatoms. The Kier molecular flexibility index (Phi) is 5.87. The minimum atomic E-state index is -1.52. The van der Waals surface area contributed by atoms with Gasteiger partial charge in [0.25, 0.3) is 0 Å². The Hall–Kier alpha value is -1.51. The molecule has 0 amide bonds. The van der Waals surface area contributed by atoms with Crippen LogP contribution in [0.1, 0.15) is 12.5 Å². The second-order valence-corrected chi connectivity index (χ2v) is 5.11. The van der Waals surface area contributed by atoms with Crippen LogP contribution in [0, 0.1) is 0 Å². The Morgan fingerprint density at radius 3 is 2.50 bits per heavy atom. The van der Waals surface area contributed by atoms with E-state index in [1.807, 2.05) is 30.3 Å². The van der Waals surface area contributed by atoms with Gasteiger partial charge in [-0.15, -0.1) is 0 Å². The van der Waals surface area contributed by atoms with Crippen molar-refractivity contribution in [2.45, 2.75) is 44.2 Å². The van der Waals surface area contributed by atoms with Gasteiger partial charge >= 0.3 is 5.97 Å². The molecule has 22 heavy (non-hydrogen) atoms. The number of aliphatic hydroxyl groups excluding tert-OH is 3. The summed E-state index contributed by atoms with van der Waals surface area (Å²) < 4.78 is 15.3. The largest absolute Gasteiger partial charge is 0.463 e. The molecule has 122 valence electrons. The number of hydrogen-bond acceptors (Lipinski definition) is 7. The molecule has 1 fully saturated rings. The minimum absolute atomic E-state index is 0.159. The molecule has 0 bridgehead atoms. The van der Waals surface area contributed by atoms with Crippen molar-refractivity contribution < 1.29 is 34.3 Å². The molecule has 0 saturated carbocycles. The lowest BCUT2D eigenvalue weighted by molar-refractivity contribution is -0.296. The van der Waals surface area contributed by atoms with Crippen LogP contribution in [0.3, 0.4) is 0 Å². The highest BCUT2D eigenvalue weighted by atomic mass is 16.7. The first-order chi connectivity index (χ1) is 10.5. The van der Waals surface area contributed by atoms with Crippen LogP contribution in [-0.4, -0.2) is 58.6 Å². The standard InChI is InChI=1S/C15H20O7/c1-9(16)20-8-11-12(17)14(13(18)15(19)22-11)21-7-10-5-3-2-4-6-10/h2-6,11-15,17-19H,7-8H2,1H3/t11-,12-,13-,14+,15-/m1/s1. The van der Waals surface area contributed by atoms with Crippen LogP contribution in [0.15, 0.2) is 30.3 Å². The molecule has 1 aliphatic rings. The molecule has 1 aromatic carbocycles. The number of ether oxygens (including phenoxy) is 3. The highest BCUT2D eigenvalue weighted by Crippen LogP contribution is 2.23. The molecule has 1 aliphatic heterocycles. The number of benzene rings is 1. The first-order valence-corrected chi connectivity index (χ1v) is 6.97. The number of esters is 1. The van der Waals surface area contributed by atoms with Gasteiger partial charge < -0.3 is 29.5 Å². The van der Waals surface area contributed by atoms with Crippen molar-refractivity contribution in [3.8, 4) is 0 Å². The molecule has 0 aliphatic carbocycles. The zero-order chi connectivity index (χ0) is 16.1. The topological polar surface area (TPSA) is 105 Å². The Morgan fingerprint density at radius 2 is 1.86 bits per heavy atom. The summed E-state index contributed by atoms with van der Waals surface area (Å²) in [6.45, 7) is 1.15. The lowest BCUT2D eigenvalue weighted by Gasteiger charge is -2.40. The van der Waals surface area contributed by atoms with Crippen LogP contribution in [0.5, 0.6) is 0 Å². The van der Waals surface area contributed by atoms with Gasteiger partial charge in [-0.05, 0) is 5.56 Å². The third-order valence-corrected chi connectivity index (χ3v) is 3.40. The fourth-order valence-electron chi connectivity index (χ4n) is 2.22. The second kappa shape index (κ2) is 7.66. The Morgan fingerprint density at radius 1 is 1.18 bits per heavy atom. The average Bonchev–Trinajstić information content (AvgIpc) is 2.50. The van der Waals surface area contributed by atoms with Gasteiger partial charge in [-0.3, -0.25) is 4.79 Å². The fourth-order valence-corrected chi connectivity index (χ4v) is 2.22. The van der Waals surface area contributed by atoms with Crippen LogP contribution in [0.2, 0.25) is 0 Å². The fraction of sp³-hybridized carbons (Fsp3) is 0.533. The van der Waals surface area contributed by atoms with E-state index in [-0.39, 0.29) is 13.2 Å². The number of carbonyl (C=O) groups is 1. The Bertz CT molecular complexity index is 478. The van der Waals surface area contributed by atoms with E-state index in [0.29, 0.717) is 0 Å². The first-order valence-electron chi connectivity index (χ1n) is 6.97. The molecule has 1 aromatic rings. The molecule has 1 heterocycles. The summed E-state index contributed by atoms with van der Waals surface area (Å²) in [4.78, 5) is 10.8. The predicted molar refractivity (Wildman–Crippen MR) is 74.5 cm³/mol. The average molecular weight is 312 g/mol. The monoisotopic (exact) mass is 312 g/mol. The molecular weight excluding hydrogens is 292 g/mol.